The zero-order valence-corrected chi connectivity index (χ0v) is 11.6. The first-order chi connectivity index (χ1) is 8.63. The molecule has 0 aromatic heterocycles. The molecule has 3 unspecified atom stereocenters. The van der Waals surface area contributed by atoms with E-state index in [0.29, 0.717) is 23.2 Å². The Morgan fingerprint density at radius 3 is 2.44 bits per heavy atom. The predicted molar refractivity (Wildman–Crippen MR) is 69.0 cm³/mol. The average Bonchev–Trinajstić information content (AvgIpc) is 2.87. The third kappa shape index (κ3) is 1.91. The van der Waals surface area contributed by atoms with E-state index in [1.54, 1.807) is 0 Å². The summed E-state index contributed by atoms with van der Waals surface area (Å²) in [5.41, 5.74) is 0.298. The van der Waals surface area contributed by atoms with Gasteiger partial charge in [0.15, 0.2) is 6.29 Å². The summed E-state index contributed by atoms with van der Waals surface area (Å²) in [6.45, 7) is 6.14. The SMILES string of the molecule is C[C@@H]1C(O)CC[C@]2(C)C(C3OCCO3)CCCC12. The van der Waals surface area contributed by atoms with E-state index < -0.39 is 0 Å². The Labute approximate surface area is 110 Å². The highest BCUT2D eigenvalue weighted by molar-refractivity contribution is 5.00. The van der Waals surface area contributed by atoms with Gasteiger partial charge in [0, 0.05) is 5.92 Å². The smallest absolute Gasteiger partial charge is 0.161 e. The maximum absolute atomic E-state index is 10.1. The second kappa shape index (κ2) is 4.77. The van der Waals surface area contributed by atoms with Crippen LogP contribution in [0.4, 0.5) is 0 Å². The summed E-state index contributed by atoms with van der Waals surface area (Å²) in [6, 6.07) is 0. The fraction of sp³-hybridized carbons (Fsp3) is 1.00. The molecule has 3 aliphatic rings. The van der Waals surface area contributed by atoms with Crippen LogP contribution in [0, 0.1) is 23.2 Å². The summed E-state index contributed by atoms with van der Waals surface area (Å²) in [5, 5.41) is 10.1. The lowest BCUT2D eigenvalue weighted by molar-refractivity contribution is -0.175. The van der Waals surface area contributed by atoms with Crippen molar-refractivity contribution in [3.05, 3.63) is 0 Å². The summed E-state index contributed by atoms with van der Waals surface area (Å²) in [4.78, 5) is 0. The van der Waals surface area contributed by atoms with Crippen LogP contribution >= 0.6 is 0 Å². The third-order valence-corrected chi connectivity index (χ3v) is 5.92. The molecule has 1 heterocycles. The highest BCUT2D eigenvalue weighted by atomic mass is 16.7. The summed E-state index contributed by atoms with van der Waals surface area (Å²) in [7, 11) is 0. The highest BCUT2D eigenvalue weighted by Crippen LogP contribution is 2.56. The summed E-state index contributed by atoms with van der Waals surface area (Å²) < 4.78 is 11.6. The van der Waals surface area contributed by atoms with Gasteiger partial charge in [0.1, 0.15) is 0 Å². The van der Waals surface area contributed by atoms with Crippen molar-refractivity contribution in [2.75, 3.05) is 13.2 Å². The van der Waals surface area contributed by atoms with Crippen molar-refractivity contribution in [2.45, 2.75) is 58.3 Å². The number of aliphatic hydroxyl groups is 1. The van der Waals surface area contributed by atoms with Gasteiger partial charge in [-0.3, -0.25) is 0 Å². The lowest BCUT2D eigenvalue weighted by atomic mass is 9.52. The van der Waals surface area contributed by atoms with Crippen LogP contribution in [0.2, 0.25) is 0 Å². The number of hydrogen-bond acceptors (Lipinski definition) is 3. The number of hydrogen-bond donors (Lipinski definition) is 1. The minimum atomic E-state index is -0.104. The third-order valence-electron chi connectivity index (χ3n) is 5.92. The minimum Gasteiger partial charge on any atom is -0.393 e. The molecule has 3 heteroatoms. The molecule has 2 aliphatic carbocycles. The van der Waals surface area contributed by atoms with Crippen molar-refractivity contribution >= 4 is 0 Å². The van der Waals surface area contributed by atoms with Crippen LogP contribution in [-0.2, 0) is 9.47 Å². The molecular weight excluding hydrogens is 228 g/mol. The zero-order valence-electron chi connectivity index (χ0n) is 11.6. The van der Waals surface area contributed by atoms with Crippen LogP contribution in [0.15, 0.2) is 0 Å². The zero-order chi connectivity index (χ0) is 12.8. The highest BCUT2D eigenvalue weighted by Gasteiger charge is 2.53. The predicted octanol–water partition coefficient (Wildman–Crippen LogP) is 2.57. The van der Waals surface area contributed by atoms with Crippen molar-refractivity contribution in [2.24, 2.45) is 23.2 Å². The van der Waals surface area contributed by atoms with Gasteiger partial charge in [-0.1, -0.05) is 20.3 Å². The molecule has 1 aliphatic heterocycles. The molecule has 0 aromatic carbocycles. The van der Waals surface area contributed by atoms with Crippen LogP contribution < -0.4 is 0 Å². The fourth-order valence-electron chi connectivity index (χ4n) is 4.77. The van der Waals surface area contributed by atoms with E-state index in [0.717, 1.165) is 26.1 Å². The van der Waals surface area contributed by atoms with Gasteiger partial charge >= 0.3 is 0 Å². The molecule has 0 aromatic rings. The van der Waals surface area contributed by atoms with Gasteiger partial charge in [0.05, 0.1) is 19.3 Å². The summed E-state index contributed by atoms with van der Waals surface area (Å²) >= 11 is 0. The second-order valence-electron chi connectivity index (χ2n) is 6.72. The normalized spacial score (nSPS) is 50.2. The average molecular weight is 254 g/mol. The van der Waals surface area contributed by atoms with E-state index in [9.17, 15) is 5.11 Å². The Kier molecular flexibility index (Phi) is 3.41. The Hall–Kier alpha value is -0.120. The van der Waals surface area contributed by atoms with E-state index in [1.807, 2.05) is 0 Å². The number of ether oxygens (including phenoxy) is 2. The molecule has 1 saturated heterocycles. The fourth-order valence-corrected chi connectivity index (χ4v) is 4.77. The van der Waals surface area contributed by atoms with Crippen molar-refractivity contribution < 1.29 is 14.6 Å². The maximum Gasteiger partial charge on any atom is 0.161 e. The largest absolute Gasteiger partial charge is 0.393 e. The molecule has 5 atom stereocenters. The molecule has 18 heavy (non-hydrogen) atoms. The number of rotatable bonds is 1. The Balaban J connectivity index is 1.83. The molecule has 104 valence electrons. The van der Waals surface area contributed by atoms with E-state index in [1.165, 1.54) is 19.3 Å². The Morgan fingerprint density at radius 1 is 1.06 bits per heavy atom. The van der Waals surface area contributed by atoms with Crippen LogP contribution in [0.25, 0.3) is 0 Å². The lowest BCUT2D eigenvalue weighted by Gasteiger charge is -2.55. The molecule has 2 saturated carbocycles. The second-order valence-corrected chi connectivity index (χ2v) is 6.72. The van der Waals surface area contributed by atoms with E-state index in [2.05, 4.69) is 13.8 Å². The standard InChI is InChI=1S/C15H26O3/c1-10-11-4-3-5-12(14-17-8-9-18-14)15(11,2)7-6-13(10)16/h10-14,16H,3-9H2,1-2H3/t10-,11?,12?,13?,15-/m0/s1. The molecule has 0 spiro atoms. The molecule has 1 N–H and O–H groups in total. The van der Waals surface area contributed by atoms with E-state index >= 15 is 0 Å². The van der Waals surface area contributed by atoms with Crippen molar-refractivity contribution in [1.29, 1.82) is 0 Å². The van der Waals surface area contributed by atoms with Gasteiger partial charge in [-0.05, 0) is 42.9 Å². The molecule has 3 nitrogen and oxygen atoms in total. The summed E-state index contributed by atoms with van der Waals surface area (Å²) in [5.74, 6) is 1.58. The first kappa shape index (κ1) is 12.9. The van der Waals surface area contributed by atoms with Gasteiger partial charge in [0.25, 0.3) is 0 Å². The van der Waals surface area contributed by atoms with Crippen LogP contribution in [0.1, 0.15) is 46.0 Å². The quantitative estimate of drug-likeness (QED) is 0.781. The lowest BCUT2D eigenvalue weighted by Crippen LogP contribution is -2.52. The molecule has 0 amide bonds. The molecule has 3 rings (SSSR count). The van der Waals surface area contributed by atoms with Gasteiger partial charge in [-0.2, -0.15) is 0 Å². The van der Waals surface area contributed by atoms with E-state index in [-0.39, 0.29) is 12.4 Å². The topological polar surface area (TPSA) is 38.7 Å². The van der Waals surface area contributed by atoms with Crippen LogP contribution in [0.5, 0.6) is 0 Å². The first-order valence-electron chi connectivity index (χ1n) is 7.54. The number of aliphatic hydroxyl groups excluding tert-OH is 1. The van der Waals surface area contributed by atoms with Crippen LogP contribution in [0.3, 0.4) is 0 Å². The first-order valence-corrected chi connectivity index (χ1v) is 7.54. The van der Waals surface area contributed by atoms with Crippen molar-refractivity contribution in [3.63, 3.8) is 0 Å². The maximum atomic E-state index is 10.1. The molecule has 0 bridgehead atoms. The molecule has 0 radical (unpaired) electrons. The van der Waals surface area contributed by atoms with Crippen molar-refractivity contribution in [1.82, 2.24) is 0 Å². The number of fused-ring (bicyclic) bond motifs is 1. The van der Waals surface area contributed by atoms with Crippen LogP contribution in [-0.4, -0.2) is 30.7 Å². The monoisotopic (exact) mass is 254 g/mol. The van der Waals surface area contributed by atoms with Gasteiger partial charge in [0.2, 0.25) is 0 Å². The molecule has 3 fully saturated rings. The Morgan fingerprint density at radius 2 is 1.72 bits per heavy atom. The Bertz CT molecular complexity index is 300. The minimum absolute atomic E-state index is 0.0141. The van der Waals surface area contributed by atoms with E-state index in [4.69, 9.17) is 9.47 Å². The van der Waals surface area contributed by atoms with Gasteiger partial charge < -0.3 is 14.6 Å². The summed E-state index contributed by atoms with van der Waals surface area (Å²) in [6.07, 6.45) is 5.71. The van der Waals surface area contributed by atoms with Crippen molar-refractivity contribution in [3.8, 4) is 0 Å². The van der Waals surface area contributed by atoms with Gasteiger partial charge in [-0.15, -0.1) is 0 Å². The van der Waals surface area contributed by atoms with Gasteiger partial charge in [-0.25, -0.2) is 0 Å². The molecular formula is C15H26O3.